The normalized spacial score (nSPS) is 12.1. The van der Waals surface area contributed by atoms with Crippen molar-refractivity contribution in [1.82, 2.24) is 4.90 Å². The predicted molar refractivity (Wildman–Crippen MR) is 72.8 cm³/mol. The van der Waals surface area contributed by atoms with Gasteiger partial charge in [0.25, 0.3) is 0 Å². The van der Waals surface area contributed by atoms with E-state index in [1.807, 2.05) is 19.0 Å². The summed E-state index contributed by atoms with van der Waals surface area (Å²) in [6.45, 7) is 4.77. The third-order valence-electron chi connectivity index (χ3n) is 2.58. The zero-order valence-corrected chi connectivity index (χ0v) is 12.2. The summed E-state index contributed by atoms with van der Waals surface area (Å²) >= 11 is 0. The highest BCUT2D eigenvalue weighted by Crippen LogP contribution is 2.19. The molecule has 0 bridgehead atoms. The predicted octanol–water partition coefficient (Wildman–Crippen LogP) is 1.81. The number of sulfone groups is 1. The van der Waals surface area contributed by atoms with E-state index in [2.05, 4.69) is 0 Å². The molecule has 0 aliphatic heterocycles. The van der Waals surface area contributed by atoms with E-state index in [0.29, 0.717) is 17.3 Å². The second-order valence-electron chi connectivity index (χ2n) is 4.72. The van der Waals surface area contributed by atoms with Crippen LogP contribution in [0.3, 0.4) is 0 Å². The van der Waals surface area contributed by atoms with E-state index in [1.54, 1.807) is 38.1 Å². The zero-order valence-electron chi connectivity index (χ0n) is 11.4. The van der Waals surface area contributed by atoms with Gasteiger partial charge in [0.15, 0.2) is 9.84 Å². The van der Waals surface area contributed by atoms with Crippen molar-refractivity contribution in [2.75, 3.05) is 27.2 Å². The van der Waals surface area contributed by atoms with Gasteiger partial charge in [0.1, 0.15) is 12.4 Å². The van der Waals surface area contributed by atoms with Crippen LogP contribution < -0.4 is 4.74 Å². The minimum Gasteiger partial charge on any atom is -0.492 e. The molecule has 0 aliphatic carbocycles. The van der Waals surface area contributed by atoms with Crippen LogP contribution in [0.4, 0.5) is 0 Å². The third kappa shape index (κ3) is 3.99. The third-order valence-corrected chi connectivity index (χ3v) is 4.75. The zero-order chi connectivity index (χ0) is 13.8. The van der Waals surface area contributed by atoms with Crippen LogP contribution in [-0.2, 0) is 9.84 Å². The number of likely N-dealkylation sites (N-methyl/N-ethyl adjacent to an activating group) is 1. The maximum absolute atomic E-state index is 11.9. The topological polar surface area (TPSA) is 46.6 Å². The molecule has 4 nitrogen and oxygen atoms in total. The quantitative estimate of drug-likeness (QED) is 0.791. The van der Waals surface area contributed by atoms with Crippen LogP contribution in [0.5, 0.6) is 5.75 Å². The second-order valence-corrected chi connectivity index (χ2v) is 7.22. The molecule has 0 aromatic heterocycles. The number of ether oxygens (including phenoxy) is 1. The smallest absolute Gasteiger partial charge is 0.180 e. The fourth-order valence-corrected chi connectivity index (χ4v) is 2.40. The van der Waals surface area contributed by atoms with E-state index in [9.17, 15) is 8.42 Å². The molecule has 0 saturated heterocycles. The average molecular weight is 271 g/mol. The summed E-state index contributed by atoms with van der Waals surface area (Å²) in [6, 6.07) is 6.59. The van der Waals surface area contributed by atoms with E-state index >= 15 is 0 Å². The molecule has 5 heteroatoms. The Hall–Kier alpha value is -1.07. The summed E-state index contributed by atoms with van der Waals surface area (Å²) in [5.41, 5.74) is 0. The minimum atomic E-state index is -3.19. The first-order valence-electron chi connectivity index (χ1n) is 5.95. The summed E-state index contributed by atoms with van der Waals surface area (Å²) in [5.74, 6) is 0.694. The van der Waals surface area contributed by atoms with Crippen LogP contribution in [0.1, 0.15) is 13.8 Å². The summed E-state index contributed by atoms with van der Waals surface area (Å²) in [7, 11) is 0.756. The number of hydrogen-bond donors (Lipinski definition) is 0. The molecule has 0 unspecified atom stereocenters. The highest BCUT2D eigenvalue weighted by molar-refractivity contribution is 7.92. The van der Waals surface area contributed by atoms with Crippen LogP contribution in [0.2, 0.25) is 0 Å². The lowest BCUT2D eigenvalue weighted by molar-refractivity contribution is 0.261. The first-order valence-corrected chi connectivity index (χ1v) is 7.50. The van der Waals surface area contributed by atoms with Gasteiger partial charge >= 0.3 is 0 Å². The highest BCUT2D eigenvalue weighted by atomic mass is 32.2. The number of benzene rings is 1. The van der Waals surface area contributed by atoms with E-state index in [-0.39, 0.29) is 0 Å². The molecule has 1 aromatic carbocycles. The van der Waals surface area contributed by atoms with Gasteiger partial charge in [-0.1, -0.05) is 0 Å². The molecule has 0 atom stereocenters. The molecule has 1 rings (SSSR count). The SMILES string of the molecule is CC(C)S(=O)(=O)c1ccc(OCCN(C)C)cc1. The molecule has 1 aromatic rings. The fraction of sp³-hybridized carbons (Fsp3) is 0.538. The molecule has 0 radical (unpaired) electrons. The van der Waals surface area contributed by atoms with Crippen molar-refractivity contribution in [3.8, 4) is 5.75 Å². The van der Waals surface area contributed by atoms with Gasteiger partial charge in [0.2, 0.25) is 0 Å². The lowest BCUT2D eigenvalue weighted by Crippen LogP contribution is -2.19. The lowest BCUT2D eigenvalue weighted by Gasteiger charge is -2.12. The van der Waals surface area contributed by atoms with Gasteiger partial charge in [0.05, 0.1) is 10.1 Å². The Morgan fingerprint density at radius 2 is 1.72 bits per heavy atom. The Bertz CT molecular complexity index is 464. The molecule has 0 heterocycles. The number of hydrogen-bond acceptors (Lipinski definition) is 4. The molecule has 0 aliphatic rings. The van der Waals surface area contributed by atoms with Crippen molar-refractivity contribution in [1.29, 1.82) is 0 Å². The number of rotatable bonds is 6. The molecule has 0 saturated carbocycles. The Morgan fingerprint density at radius 3 is 2.17 bits per heavy atom. The van der Waals surface area contributed by atoms with Crippen molar-refractivity contribution >= 4 is 9.84 Å². The van der Waals surface area contributed by atoms with Gasteiger partial charge in [-0.05, 0) is 52.2 Å². The van der Waals surface area contributed by atoms with Crippen LogP contribution >= 0.6 is 0 Å². The average Bonchev–Trinajstić information content (AvgIpc) is 2.29. The van der Waals surface area contributed by atoms with Gasteiger partial charge < -0.3 is 9.64 Å². The largest absolute Gasteiger partial charge is 0.492 e. The summed E-state index contributed by atoms with van der Waals surface area (Å²) in [4.78, 5) is 2.37. The first kappa shape index (κ1) is 15.0. The minimum absolute atomic E-state index is 0.345. The van der Waals surface area contributed by atoms with Gasteiger partial charge in [-0.2, -0.15) is 0 Å². The van der Waals surface area contributed by atoms with Gasteiger partial charge in [0, 0.05) is 6.54 Å². The van der Waals surface area contributed by atoms with Crippen molar-refractivity contribution < 1.29 is 13.2 Å². The van der Waals surface area contributed by atoms with Gasteiger partial charge in [-0.15, -0.1) is 0 Å². The lowest BCUT2D eigenvalue weighted by atomic mass is 10.3. The first-order chi connectivity index (χ1) is 8.34. The van der Waals surface area contributed by atoms with Crippen LogP contribution in [0, 0.1) is 0 Å². The van der Waals surface area contributed by atoms with E-state index in [4.69, 9.17) is 4.74 Å². The second kappa shape index (κ2) is 6.20. The Balaban J connectivity index is 2.69. The van der Waals surface area contributed by atoms with Gasteiger partial charge in [-0.3, -0.25) is 0 Å². The van der Waals surface area contributed by atoms with E-state index in [1.165, 1.54) is 0 Å². The maximum Gasteiger partial charge on any atom is 0.180 e. The van der Waals surface area contributed by atoms with E-state index in [0.717, 1.165) is 6.54 Å². The molecule has 0 fully saturated rings. The Labute approximate surface area is 109 Å². The Kier molecular flexibility index (Phi) is 5.16. The van der Waals surface area contributed by atoms with Gasteiger partial charge in [-0.25, -0.2) is 8.42 Å². The molecule has 18 heavy (non-hydrogen) atoms. The fourth-order valence-electron chi connectivity index (χ4n) is 1.34. The molecule has 102 valence electrons. The number of nitrogens with zero attached hydrogens (tertiary/aromatic N) is 1. The van der Waals surface area contributed by atoms with Crippen molar-refractivity contribution in [3.05, 3.63) is 24.3 Å². The Morgan fingerprint density at radius 1 is 1.17 bits per heavy atom. The van der Waals surface area contributed by atoms with E-state index < -0.39 is 15.1 Å². The molecule has 0 spiro atoms. The summed E-state index contributed by atoms with van der Waals surface area (Å²) < 4.78 is 29.3. The van der Waals surface area contributed by atoms with Crippen LogP contribution in [-0.4, -0.2) is 45.8 Å². The summed E-state index contributed by atoms with van der Waals surface area (Å²) in [6.07, 6.45) is 0. The molecule has 0 amide bonds. The van der Waals surface area contributed by atoms with Crippen molar-refractivity contribution in [2.45, 2.75) is 24.0 Å². The highest BCUT2D eigenvalue weighted by Gasteiger charge is 2.18. The van der Waals surface area contributed by atoms with Crippen LogP contribution in [0.25, 0.3) is 0 Å². The monoisotopic (exact) mass is 271 g/mol. The molecular weight excluding hydrogens is 250 g/mol. The van der Waals surface area contributed by atoms with Crippen molar-refractivity contribution in [3.63, 3.8) is 0 Å². The van der Waals surface area contributed by atoms with Crippen LogP contribution in [0.15, 0.2) is 29.2 Å². The molecule has 0 N–H and O–H groups in total. The molecular formula is C13H21NO3S. The summed E-state index contributed by atoms with van der Waals surface area (Å²) in [5, 5.41) is -0.405. The van der Waals surface area contributed by atoms with Crippen molar-refractivity contribution in [2.24, 2.45) is 0 Å². The maximum atomic E-state index is 11.9. The standard InChI is InChI=1S/C13H21NO3S/c1-11(2)18(15,16)13-7-5-12(6-8-13)17-10-9-14(3)4/h5-8,11H,9-10H2,1-4H3.